The number of piperazine rings is 1. The number of imide groups is 1. The van der Waals surface area contributed by atoms with Crippen molar-refractivity contribution < 1.29 is 9.59 Å². The van der Waals surface area contributed by atoms with Gasteiger partial charge < -0.3 is 14.7 Å². The van der Waals surface area contributed by atoms with Crippen molar-refractivity contribution in [2.45, 2.75) is 25.6 Å². The van der Waals surface area contributed by atoms with Crippen LogP contribution in [0, 0.1) is 0 Å². The first-order valence-electron chi connectivity index (χ1n) is 10.5. The van der Waals surface area contributed by atoms with Crippen LogP contribution in [0.1, 0.15) is 12.5 Å². The first-order chi connectivity index (χ1) is 14.4. The summed E-state index contributed by atoms with van der Waals surface area (Å²) in [5.41, 5.74) is 2.38. The summed E-state index contributed by atoms with van der Waals surface area (Å²) < 4.78 is 0. The van der Waals surface area contributed by atoms with E-state index < -0.39 is 12.2 Å². The predicted octanol–water partition coefficient (Wildman–Crippen LogP) is 0.971. The van der Waals surface area contributed by atoms with Gasteiger partial charge in [-0.25, -0.2) is 9.79 Å². The van der Waals surface area contributed by atoms with Crippen LogP contribution in [0.4, 0.5) is 4.79 Å². The van der Waals surface area contributed by atoms with E-state index in [0.717, 1.165) is 50.7 Å². The molecule has 2 fully saturated rings. The van der Waals surface area contributed by atoms with Crippen LogP contribution in [0.5, 0.6) is 0 Å². The van der Waals surface area contributed by atoms with E-state index >= 15 is 0 Å². The molecule has 2 saturated heterocycles. The molecule has 3 aliphatic heterocycles. The fourth-order valence-corrected chi connectivity index (χ4v) is 4.40. The molecule has 0 radical (unpaired) electrons. The number of nitrogens with one attached hydrogen (secondary N) is 1. The summed E-state index contributed by atoms with van der Waals surface area (Å²) in [6, 6.07) is 9.37. The number of carbonyl (C=O) groups excluding carboxylic acids is 2. The quantitative estimate of drug-likeness (QED) is 0.733. The second kappa shape index (κ2) is 8.47. The van der Waals surface area contributed by atoms with E-state index in [9.17, 15) is 9.59 Å². The third-order valence-corrected chi connectivity index (χ3v) is 5.97. The van der Waals surface area contributed by atoms with Crippen LogP contribution in [-0.2, 0) is 11.2 Å². The zero-order chi connectivity index (χ0) is 21.3. The van der Waals surface area contributed by atoms with Crippen LogP contribution in [0.15, 0.2) is 47.5 Å². The molecule has 1 aromatic carbocycles. The van der Waals surface area contributed by atoms with Gasteiger partial charge in [0.15, 0.2) is 18.2 Å². The second-order valence-electron chi connectivity index (χ2n) is 8.34. The zero-order valence-corrected chi connectivity index (χ0v) is 17.8. The molecule has 1 N–H and O–H groups in total. The Morgan fingerprint density at radius 2 is 1.87 bits per heavy atom. The van der Waals surface area contributed by atoms with Gasteiger partial charge in [0.25, 0.3) is 5.91 Å². The molecule has 3 amide bonds. The standard InChI is InChI=1S/C22H30N6O2/c1-16(2)15-26-11-13-27(14-12-26)21-23-19-18(20(29)24-22(30)25(19)3)28(21)10-9-17-7-5-4-6-8-17/h4-8,18-19H,1,9-15H2,2-3H3,(H,24,29,30). The number of nitrogens with zero attached hydrogens (tertiary/aromatic N) is 5. The van der Waals surface area contributed by atoms with E-state index in [2.05, 4.69) is 45.7 Å². The highest BCUT2D eigenvalue weighted by Crippen LogP contribution is 2.26. The Morgan fingerprint density at radius 3 is 2.53 bits per heavy atom. The summed E-state index contributed by atoms with van der Waals surface area (Å²) in [4.78, 5) is 38.0. The van der Waals surface area contributed by atoms with Crippen molar-refractivity contribution in [3.8, 4) is 0 Å². The lowest BCUT2D eigenvalue weighted by atomic mass is 10.1. The van der Waals surface area contributed by atoms with E-state index in [1.807, 2.05) is 18.2 Å². The minimum Gasteiger partial charge on any atom is -0.340 e. The smallest absolute Gasteiger partial charge is 0.325 e. The van der Waals surface area contributed by atoms with Crippen molar-refractivity contribution in [2.75, 3.05) is 46.3 Å². The number of rotatable bonds is 5. The average molecular weight is 411 g/mol. The first-order valence-corrected chi connectivity index (χ1v) is 10.5. The van der Waals surface area contributed by atoms with Crippen LogP contribution >= 0.6 is 0 Å². The van der Waals surface area contributed by atoms with E-state index in [1.165, 1.54) is 10.5 Å². The van der Waals surface area contributed by atoms with Gasteiger partial charge in [-0.05, 0) is 18.9 Å². The van der Waals surface area contributed by atoms with Crippen molar-refractivity contribution in [1.29, 1.82) is 0 Å². The second-order valence-corrected chi connectivity index (χ2v) is 8.34. The molecule has 0 spiro atoms. The topological polar surface area (TPSA) is 71.5 Å². The summed E-state index contributed by atoms with van der Waals surface area (Å²) in [6.07, 6.45) is 0.328. The molecule has 4 rings (SSSR count). The maximum Gasteiger partial charge on any atom is 0.325 e. The SMILES string of the molecule is C=C(C)CN1CCN(C2=NC3C(C(=O)NC(=O)N3C)N2CCc2ccccc2)CC1. The number of likely N-dealkylation sites (N-methyl/N-ethyl adjacent to an activating group) is 1. The molecule has 0 saturated carbocycles. The van der Waals surface area contributed by atoms with Gasteiger partial charge in [0.1, 0.15) is 0 Å². The molecule has 8 nitrogen and oxygen atoms in total. The Kier molecular flexibility index (Phi) is 5.76. The van der Waals surface area contributed by atoms with Gasteiger partial charge in [0.2, 0.25) is 0 Å². The Morgan fingerprint density at radius 1 is 1.17 bits per heavy atom. The summed E-state index contributed by atoms with van der Waals surface area (Å²) in [7, 11) is 1.70. The molecule has 3 aliphatic rings. The van der Waals surface area contributed by atoms with Crippen LogP contribution in [0.25, 0.3) is 0 Å². The molecule has 30 heavy (non-hydrogen) atoms. The van der Waals surface area contributed by atoms with Crippen molar-refractivity contribution in [3.63, 3.8) is 0 Å². The van der Waals surface area contributed by atoms with Gasteiger partial charge in [-0.2, -0.15) is 0 Å². The van der Waals surface area contributed by atoms with Crippen molar-refractivity contribution >= 4 is 17.9 Å². The number of aliphatic imine (C=N–C) groups is 1. The lowest BCUT2D eigenvalue weighted by molar-refractivity contribution is -0.127. The summed E-state index contributed by atoms with van der Waals surface area (Å²) in [5.74, 6) is 0.559. The summed E-state index contributed by atoms with van der Waals surface area (Å²) in [5, 5.41) is 2.48. The summed E-state index contributed by atoms with van der Waals surface area (Å²) in [6.45, 7) is 11.2. The van der Waals surface area contributed by atoms with E-state index in [4.69, 9.17) is 4.99 Å². The predicted molar refractivity (Wildman–Crippen MR) is 116 cm³/mol. The van der Waals surface area contributed by atoms with Gasteiger partial charge >= 0.3 is 6.03 Å². The fraction of sp³-hybridized carbons (Fsp3) is 0.500. The van der Waals surface area contributed by atoms with E-state index in [1.54, 1.807) is 7.05 Å². The fourth-order valence-electron chi connectivity index (χ4n) is 4.40. The van der Waals surface area contributed by atoms with Crippen molar-refractivity contribution in [3.05, 3.63) is 48.0 Å². The molecule has 3 heterocycles. The molecule has 0 bridgehead atoms. The van der Waals surface area contributed by atoms with Crippen LogP contribution < -0.4 is 5.32 Å². The molecule has 2 atom stereocenters. The maximum absolute atomic E-state index is 12.7. The van der Waals surface area contributed by atoms with Crippen molar-refractivity contribution in [1.82, 2.24) is 24.9 Å². The highest BCUT2D eigenvalue weighted by atomic mass is 16.2. The Labute approximate surface area is 177 Å². The first kappa shape index (κ1) is 20.4. The molecule has 2 unspecified atom stereocenters. The minimum absolute atomic E-state index is 0.268. The zero-order valence-electron chi connectivity index (χ0n) is 17.8. The number of urea groups is 1. The number of carbonyl (C=O) groups is 2. The van der Waals surface area contributed by atoms with Gasteiger partial charge in [-0.15, -0.1) is 0 Å². The van der Waals surface area contributed by atoms with Crippen LogP contribution in [-0.4, -0.2) is 96.0 Å². The molecule has 0 aliphatic carbocycles. The average Bonchev–Trinajstić information content (AvgIpc) is 3.12. The number of amides is 3. The van der Waals surface area contributed by atoms with Gasteiger partial charge in [-0.3, -0.25) is 15.0 Å². The Bertz CT molecular complexity index is 846. The third kappa shape index (κ3) is 4.05. The number of hydrogen-bond acceptors (Lipinski definition) is 6. The monoisotopic (exact) mass is 410 g/mol. The van der Waals surface area contributed by atoms with Crippen LogP contribution in [0.3, 0.4) is 0 Å². The molecule has 0 aromatic heterocycles. The van der Waals surface area contributed by atoms with E-state index in [0.29, 0.717) is 6.54 Å². The molecule has 8 heteroatoms. The normalized spacial score (nSPS) is 24.6. The number of hydrogen-bond donors (Lipinski definition) is 1. The number of guanidine groups is 1. The van der Waals surface area contributed by atoms with Gasteiger partial charge in [0, 0.05) is 46.3 Å². The highest BCUT2D eigenvalue weighted by molar-refractivity contribution is 6.03. The van der Waals surface area contributed by atoms with Gasteiger partial charge in [-0.1, -0.05) is 42.5 Å². The van der Waals surface area contributed by atoms with Crippen LogP contribution in [0.2, 0.25) is 0 Å². The third-order valence-electron chi connectivity index (χ3n) is 5.97. The van der Waals surface area contributed by atoms with E-state index in [-0.39, 0.29) is 11.9 Å². The molecule has 160 valence electrons. The lowest BCUT2D eigenvalue weighted by Gasteiger charge is -2.40. The largest absolute Gasteiger partial charge is 0.340 e. The van der Waals surface area contributed by atoms with Crippen molar-refractivity contribution in [2.24, 2.45) is 4.99 Å². The molecule has 1 aromatic rings. The van der Waals surface area contributed by atoms with Gasteiger partial charge in [0.05, 0.1) is 0 Å². The summed E-state index contributed by atoms with van der Waals surface area (Å²) >= 11 is 0. The Hall–Kier alpha value is -2.87. The highest BCUT2D eigenvalue weighted by Gasteiger charge is 2.49. The molecular weight excluding hydrogens is 380 g/mol. The Balaban J connectivity index is 1.53. The molecular formula is C22H30N6O2. The minimum atomic E-state index is -0.486. The number of fused-ring (bicyclic) bond motifs is 1. The lowest BCUT2D eigenvalue weighted by Crippen LogP contribution is -2.64. The number of benzene rings is 1. The maximum atomic E-state index is 12.7.